The Morgan fingerprint density at radius 3 is 2.95 bits per heavy atom. The molecule has 3 unspecified atom stereocenters. The maximum absolute atomic E-state index is 11.4. The number of phenolic OH excluding ortho intramolecular Hbond substituents is 1. The Morgan fingerprint density at radius 2 is 2.24 bits per heavy atom. The number of carbonyl (C=O) groups excluding carboxylic acids is 1. The fourth-order valence-electron chi connectivity index (χ4n) is 3.46. The second-order valence-corrected chi connectivity index (χ2v) is 6.24. The molecule has 21 heavy (non-hydrogen) atoms. The van der Waals surface area contributed by atoms with Gasteiger partial charge in [0.15, 0.2) is 0 Å². The van der Waals surface area contributed by atoms with Crippen LogP contribution in [-0.2, 0) is 4.79 Å². The number of fused-ring (bicyclic) bond motifs is 1. The molecular formula is C16H23N3O2. The number of anilines is 1. The molecule has 0 radical (unpaired) electrons. The van der Waals surface area contributed by atoms with E-state index in [4.69, 9.17) is 5.73 Å². The van der Waals surface area contributed by atoms with Gasteiger partial charge in [-0.25, -0.2) is 0 Å². The minimum atomic E-state index is -0.168. The minimum Gasteiger partial charge on any atom is -0.508 e. The molecule has 2 aliphatic heterocycles. The monoisotopic (exact) mass is 289 g/mol. The lowest BCUT2D eigenvalue weighted by molar-refractivity contribution is -0.124. The van der Waals surface area contributed by atoms with Gasteiger partial charge >= 0.3 is 0 Å². The third kappa shape index (κ3) is 2.83. The van der Waals surface area contributed by atoms with E-state index in [9.17, 15) is 9.90 Å². The van der Waals surface area contributed by atoms with Crippen molar-refractivity contribution < 1.29 is 9.90 Å². The van der Waals surface area contributed by atoms with Crippen LogP contribution in [-0.4, -0.2) is 30.1 Å². The molecule has 3 atom stereocenters. The van der Waals surface area contributed by atoms with E-state index >= 15 is 0 Å². The highest BCUT2D eigenvalue weighted by atomic mass is 16.3. The lowest BCUT2D eigenvalue weighted by Gasteiger charge is -2.42. The van der Waals surface area contributed by atoms with Gasteiger partial charge in [0.05, 0.1) is 0 Å². The van der Waals surface area contributed by atoms with Crippen molar-refractivity contribution in [1.29, 1.82) is 0 Å². The lowest BCUT2D eigenvalue weighted by atomic mass is 9.85. The van der Waals surface area contributed by atoms with Crippen LogP contribution in [0.3, 0.4) is 0 Å². The van der Waals surface area contributed by atoms with E-state index in [-0.39, 0.29) is 17.7 Å². The highest BCUT2D eigenvalue weighted by Gasteiger charge is 2.33. The Balaban J connectivity index is 1.73. The normalized spacial score (nSPS) is 27.0. The van der Waals surface area contributed by atoms with Gasteiger partial charge in [-0.15, -0.1) is 0 Å². The highest BCUT2D eigenvalue weighted by Crippen LogP contribution is 2.32. The summed E-state index contributed by atoms with van der Waals surface area (Å²) in [7, 11) is 0. The number of nitrogens with zero attached hydrogens (tertiary/aromatic N) is 1. The van der Waals surface area contributed by atoms with E-state index in [0.717, 1.165) is 37.2 Å². The summed E-state index contributed by atoms with van der Waals surface area (Å²) in [6.45, 7) is 3.70. The summed E-state index contributed by atoms with van der Waals surface area (Å²) in [5.41, 5.74) is 7.64. The van der Waals surface area contributed by atoms with Gasteiger partial charge in [-0.1, -0.05) is 6.07 Å². The average molecular weight is 289 g/mol. The molecule has 0 aromatic heterocycles. The van der Waals surface area contributed by atoms with E-state index in [2.05, 4.69) is 10.2 Å². The van der Waals surface area contributed by atoms with Gasteiger partial charge in [0.25, 0.3) is 0 Å². The van der Waals surface area contributed by atoms with Gasteiger partial charge in [0.2, 0.25) is 5.91 Å². The predicted molar refractivity (Wildman–Crippen MR) is 82.2 cm³/mol. The van der Waals surface area contributed by atoms with Gasteiger partial charge in [-0.05, 0) is 31.7 Å². The fraction of sp³-hybridized carbons (Fsp3) is 0.562. The second kappa shape index (κ2) is 5.56. The van der Waals surface area contributed by atoms with Crippen molar-refractivity contribution in [2.45, 2.75) is 38.3 Å². The number of nitrogens with two attached hydrogens (primary N) is 1. The smallest absolute Gasteiger partial charge is 0.220 e. The SMILES string of the molecule is CC(N)c1ccc(N2CCC3NC(=O)CCC3C2)cc1O. The number of hydrogen-bond acceptors (Lipinski definition) is 4. The number of rotatable bonds is 2. The summed E-state index contributed by atoms with van der Waals surface area (Å²) in [6.07, 6.45) is 2.55. The zero-order chi connectivity index (χ0) is 15.0. The number of piperidine rings is 2. The number of nitrogens with one attached hydrogen (secondary N) is 1. The van der Waals surface area contributed by atoms with Crippen LogP contribution in [0.1, 0.15) is 37.8 Å². The van der Waals surface area contributed by atoms with Crippen LogP contribution in [0.2, 0.25) is 0 Å². The first-order chi connectivity index (χ1) is 10.0. The summed E-state index contributed by atoms with van der Waals surface area (Å²) in [5, 5.41) is 13.2. The molecule has 3 rings (SSSR count). The van der Waals surface area contributed by atoms with Crippen molar-refractivity contribution >= 4 is 11.6 Å². The molecule has 0 spiro atoms. The molecule has 0 bridgehead atoms. The highest BCUT2D eigenvalue weighted by molar-refractivity contribution is 5.77. The summed E-state index contributed by atoms with van der Waals surface area (Å²) < 4.78 is 0. The average Bonchev–Trinajstić information content (AvgIpc) is 2.46. The number of phenols is 1. The Morgan fingerprint density at radius 1 is 1.43 bits per heavy atom. The summed E-state index contributed by atoms with van der Waals surface area (Å²) >= 11 is 0. The summed E-state index contributed by atoms with van der Waals surface area (Å²) in [5.74, 6) is 0.955. The van der Waals surface area contributed by atoms with Crippen molar-refractivity contribution in [3.8, 4) is 5.75 Å². The Kier molecular flexibility index (Phi) is 3.76. The molecule has 0 aliphatic carbocycles. The number of carbonyl (C=O) groups is 1. The molecule has 1 aromatic carbocycles. The van der Waals surface area contributed by atoms with E-state index in [1.54, 1.807) is 6.07 Å². The van der Waals surface area contributed by atoms with E-state index in [1.165, 1.54) is 0 Å². The molecular weight excluding hydrogens is 266 g/mol. The lowest BCUT2D eigenvalue weighted by Crippen LogP contribution is -2.54. The molecule has 4 N–H and O–H groups in total. The maximum atomic E-state index is 11.4. The first-order valence-electron chi connectivity index (χ1n) is 7.67. The van der Waals surface area contributed by atoms with Crippen LogP contribution in [0, 0.1) is 5.92 Å². The first kappa shape index (κ1) is 14.2. The van der Waals surface area contributed by atoms with Crippen LogP contribution in [0.5, 0.6) is 5.75 Å². The molecule has 1 amide bonds. The standard InChI is InChI=1S/C16H23N3O2/c1-10(17)13-4-3-12(8-15(13)20)19-7-6-14-11(9-19)2-5-16(21)18-14/h3-4,8,10-11,14,20H,2,5-7,9,17H2,1H3,(H,18,21). The second-order valence-electron chi connectivity index (χ2n) is 6.24. The molecule has 2 heterocycles. The first-order valence-corrected chi connectivity index (χ1v) is 7.67. The molecule has 2 fully saturated rings. The third-order valence-corrected chi connectivity index (χ3v) is 4.69. The molecule has 0 saturated carbocycles. The fourth-order valence-corrected chi connectivity index (χ4v) is 3.46. The van der Waals surface area contributed by atoms with Crippen LogP contribution in [0.4, 0.5) is 5.69 Å². The topological polar surface area (TPSA) is 78.6 Å². The van der Waals surface area contributed by atoms with E-state index in [1.807, 2.05) is 19.1 Å². The van der Waals surface area contributed by atoms with Crippen LogP contribution in [0.15, 0.2) is 18.2 Å². The maximum Gasteiger partial charge on any atom is 0.220 e. The van der Waals surface area contributed by atoms with Gasteiger partial charge in [0, 0.05) is 48.9 Å². The van der Waals surface area contributed by atoms with Crippen molar-refractivity contribution in [2.24, 2.45) is 11.7 Å². The van der Waals surface area contributed by atoms with Crippen molar-refractivity contribution in [1.82, 2.24) is 5.32 Å². The quantitative estimate of drug-likeness (QED) is 0.771. The molecule has 5 heteroatoms. The Labute approximate surface area is 125 Å². The van der Waals surface area contributed by atoms with Gasteiger partial charge < -0.3 is 21.1 Å². The molecule has 2 aliphatic rings. The van der Waals surface area contributed by atoms with Crippen molar-refractivity contribution in [3.63, 3.8) is 0 Å². The minimum absolute atomic E-state index is 0.168. The van der Waals surface area contributed by atoms with Crippen LogP contribution < -0.4 is 16.0 Å². The van der Waals surface area contributed by atoms with Crippen molar-refractivity contribution in [3.05, 3.63) is 23.8 Å². The van der Waals surface area contributed by atoms with Gasteiger partial charge in [-0.3, -0.25) is 4.79 Å². The molecule has 1 aromatic rings. The number of amides is 1. The molecule has 2 saturated heterocycles. The Bertz CT molecular complexity index is 544. The largest absolute Gasteiger partial charge is 0.508 e. The third-order valence-electron chi connectivity index (χ3n) is 4.69. The number of benzene rings is 1. The zero-order valence-electron chi connectivity index (χ0n) is 12.4. The molecule has 114 valence electrons. The number of hydrogen-bond donors (Lipinski definition) is 3. The summed E-state index contributed by atoms with van der Waals surface area (Å²) in [6, 6.07) is 5.89. The van der Waals surface area contributed by atoms with Gasteiger partial charge in [-0.2, -0.15) is 0 Å². The van der Waals surface area contributed by atoms with Gasteiger partial charge in [0.1, 0.15) is 5.75 Å². The predicted octanol–water partition coefficient (Wildman–Crippen LogP) is 1.52. The van der Waals surface area contributed by atoms with E-state index in [0.29, 0.717) is 18.4 Å². The Hall–Kier alpha value is -1.75. The summed E-state index contributed by atoms with van der Waals surface area (Å²) in [4.78, 5) is 13.7. The molecule has 5 nitrogen and oxygen atoms in total. The zero-order valence-corrected chi connectivity index (χ0v) is 12.4. The van der Waals surface area contributed by atoms with E-state index < -0.39 is 0 Å². The number of aromatic hydroxyl groups is 1. The van der Waals surface area contributed by atoms with Crippen LogP contribution >= 0.6 is 0 Å². The van der Waals surface area contributed by atoms with Crippen molar-refractivity contribution in [2.75, 3.05) is 18.0 Å². The van der Waals surface area contributed by atoms with Crippen LogP contribution in [0.25, 0.3) is 0 Å².